The molecule has 0 aliphatic heterocycles. The van der Waals surface area contributed by atoms with Crippen LogP contribution in [0.1, 0.15) is 11.1 Å². The zero-order valence-corrected chi connectivity index (χ0v) is 12.8. The number of benzene rings is 2. The standard InChI is InChI=1S/C15H13ClFNO2S/c1-19-12-5-9(15(18)21)6-13(7-12)20-8-10-4-11(17)2-3-14(10)16/h2-7H,8H2,1H3,(H2,18,21). The van der Waals surface area contributed by atoms with E-state index in [2.05, 4.69) is 0 Å². The molecule has 6 heteroatoms. The van der Waals surface area contributed by atoms with E-state index in [1.54, 1.807) is 18.2 Å². The van der Waals surface area contributed by atoms with Crippen LogP contribution in [0.3, 0.4) is 0 Å². The second-order valence-electron chi connectivity index (χ2n) is 4.29. The molecule has 0 aliphatic carbocycles. The molecule has 2 rings (SSSR count). The SMILES string of the molecule is COc1cc(OCc2cc(F)ccc2Cl)cc(C(N)=S)c1. The van der Waals surface area contributed by atoms with E-state index in [9.17, 15) is 4.39 Å². The van der Waals surface area contributed by atoms with E-state index >= 15 is 0 Å². The molecule has 0 radical (unpaired) electrons. The predicted molar refractivity (Wildman–Crippen MR) is 84.6 cm³/mol. The van der Waals surface area contributed by atoms with Crippen molar-refractivity contribution in [1.29, 1.82) is 0 Å². The smallest absolute Gasteiger partial charge is 0.124 e. The molecule has 2 aromatic carbocycles. The highest BCUT2D eigenvalue weighted by Gasteiger charge is 2.07. The van der Waals surface area contributed by atoms with Crippen LogP contribution in [0.4, 0.5) is 4.39 Å². The molecule has 0 spiro atoms. The summed E-state index contributed by atoms with van der Waals surface area (Å²) in [6.45, 7) is 0.126. The number of hydrogen-bond donors (Lipinski definition) is 1. The summed E-state index contributed by atoms with van der Waals surface area (Å²) in [5.74, 6) is 0.714. The molecule has 0 saturated heterocycles. The molecule has 0 aromatic heterocycles. The number of hydrogen-bond acceptors (Lipinski definition) is 3. The Kier molecular flexibility index (Phi) is 4.98. The van der Waals surface area contributed by atoms with Crippen LogP contribution in [0.25, 0.3) is 0 Å². The fourth-order valence-corrected chi connectivity index (χ4v) is 2.02. The van der Waals surface area contributed by atoms with Gasteiger partial charge in [0.05, 0.1) is 7.11 Å². The van der Waals surface area contributed by atoms with Crippen LogP contribution in [0.15, 0.2) is 36.4 Å². The first kappa shape index (κ1) is 15.5. The predicted octanol–water partition coefficient (Wildman–Crippen LogP) is 3.70. The van der Waals surface area contributed by atoms with Crippen LogP contribution >= 0.6 is 23.8 Å². The number of nitrogens with two attached hydrogens (primary N) is 1. The molecule has 0 fully saturated rings. The Morgan fingerprint density at radius 1 is 1.24 bits per heavy atom. The average Bonchev–Trinajstić information content (AvgIpc) is 2.47. The lowest BCUT2D eigenvalue weighted by Gasteiger charge is -2.11. The summed E-state index contributed by atoms with van der Waals surface area (Å²) >= 11 is 10.9. The van der Waals surface area contributed by atoms with Gasteiger partial charge in [-0.3, -0.25) is 0 Å². The van der Waals surface area contributed by atoms with Gasteiger partial charge >= 0.3 is 0 Å². The monoisotopic (exact) mass is 325 g/mol. The first-order valence-electron chi connectivity index (χ1n) is 6.05. The Hall–Kier alpha value is -1.85. The van der Waals surface area contributed by atoms with Crippen molar-refractivity contribution in [2.24, 2.45) is 5.73 Å². The van der Waals surface area contributed by atoms with Crippen molar-refractivity contribution in [3.05, 3.63) is 58.4 Å². The summed E-state index contributed by atoms with van der Waals surface area (Å²) in [5.41, 5.74) is 6.79. The third kappa shape index (κ3) is 4.06. The van der Waals surface area contributed by atoms with E-state index in [1.165, 1.54) is 25.3 Å². The minimum Gasteiger partial charge on any atom is -0.497 e. The van der Waals surface area contributed by atoms with Gasteiger partial charge in [0.2, 0.25) is 0 Å². The molecular formula is C15H13ClFNO2S. The highest BCUT2D eigenvalue weighted by atomic mass is 35.5. The number of methoxy groups -OCH3 is 1. The number of rotatable bonds is 5. The van der Waals surface area contributed by atoms with Crippen molar-refractivity contribution in [2.75, 3.05) is 7.11 Å². The summed E-state index contributed by atoms with van der Waals surface area (Å²) in [6.07, 6.45) is 0. The normalized spacial score (nSPS) is 10.2. The maximum Gasteiger partial charge on any atom is 0.124 e. The van der Waals surface area contributed by atoms with Crippen molar-refractivity contribution in [2.45, 2.75) is 6.61 Å². The Labute approximate surface area is 132 Å². The van der Waals surface area contributed by atoms with Crippen LogP contribution in [0, 0.1) is 5.82 Å². The molecule has 3 nitrogen and oxygen atoms in total. The van der Waals surface area contributed by atoms with Gasteiger partial charge in [-0.2, -0.15) is 0 Å². The van der Waals surface area contributed by atoms with Gasteiger partial charge in [0, 0.05) is 22.2 Å². The Morgan fingerprint density at radius 3 is 2.62 bits per heavy atom. The minimum atomic E-state index is -0.368. The fraction of sp³-hybridized carbons (Fsp3) is 0.133. The molecule has 0 unspecified atom stereocenters. The number of thiocarbonyl (C=S) groups is 1. The maximum atomic E-state index is 13.2. The average molecular weight is 326 g/mol. The molecule has 0 saturated carbocycles. The van der Waals surface area contributed by atoms with Crippen LogP contribution in [-0.4, -0.2) is 12.1 Å². The van der Waals surface area contributed by atoms with Crippen molar-refractivity contribution < 1.29 is 13.9 Å². The molecule has 0 amide bonds. The zero-order chi connectivity index (χ0) is 15.4. The molecule has 0 atom stereocenters. The maximum absolute atomic E-state index is 13.2. The fourth-order valence-electron chi connectivity index (χ4n) is 1.73. The Bertz CT molecular complexity index is 679. The van der Waals surface area contributed by atoms with Gasteiger partial charge in [-0.05, 0) is 30.3 Å². The van der Waals surface area contributed by atoms with E-state index in [0.717, 1.165) is 0 Å². The lowest BCUT2D eigenvalue weighted by Crippen LogP contribution is -2.10. The largest absolute Gasteiger partial charge is 0.497 e. The van der Waals surface area contributed by atoms with Crippen molar-refractivity contribution in [3.8, 4) is 11.5 Å². The molecule has 21 heavy (non-hydrogen) atoms. The summed E-state index contributed by atoms with van der Waals surface area (Å²) in [4.78, 5) is 0.238. The third-order valence-corrected chi connectivity index (χ3v) is 3.41. The molecular weight excluding hydrogens is 313 g/mol. The van der Waals surface area contributed by atoms with Crippen LogP contribution < -0.4 is 15.2 Å². The Morgan fingerprint density at radius 2 is 1.95 bits per heavy atom. The molecule has 0 heterocycles. The summed E-state index contributed by atoms with van der Waals surface area (Å²) in [6, 6.07) is 9.21. The van der Waals surface area contributed by atoms with E-state index in [4.69, 9.17) is 39.0 Å². The quantitative estimate of drug-likeness (QED) is 0.851. The van der Waals surface area contributed by atoms with E-state index in [0.29, 0.717) is 27.6 Å². The molecule has 2 aromatic rings. The topological polar surface area (TPSA) is 44.5 Å². The van der Waals surface area contributed by atoms with Gasteiger partial charge < -0.3 is 15.2 Å². The second kappa shape index (κ2) is 6.74. The van der Waals surface area contributed by atoms with E-state index < -0.39 is 0 Å². The molecule has 2 N–H and O–H groups in total. The number of ether oxygens (including phenoxy) is 2. The van der Waals surface area contributed by atoms with Crippen LogP contribution in [0.2, 0.25) is 5.02 Å². The van der Waals surface area contributed by atoms with Gasteiger partial charge in [-0.25, -0.2) is 4.39 Å². The van der Waals surface area contributed by atoms with Gasteiger partial charge in [-0.1, -0.05) is 23.8 Å². The zero-order valence-electron chi connectivity index (χ0n) is 11.2. The van der Waals surface area contributed by atoms with Crippen molar-refractivity contribution in [3.63, 3.8) is 0 Å². The summed E-state index contributed by atoms with van der Waals surface area (Å²) in [5, 5.41) is 0.439. The molecule has 0 bridgehead atoms. The van der Waals surface area contributed by atoms with E-state index in [1.807, 2.05) is 0 Å². The molecule has 0 aliphatic rings. The van der Waals surface area contributed by atoms with Crippen molar-refractivity contribution in [1.82, 2.24) is 0 Å². The van der Waals surface area contributed by atoms with Gasteiger partial charge in [0.25, 0.3) is 0 Å². The van der Waals surface area contributed by atoms with E-state index in [-0.39, 0.29) is 17.4 Å². The first-order valence-corrected chi connectivity index (χ1v) is 6.84. The lowest BCUT2D eigenvalue weighted by atomic mass is 10.2. The highest BCUT2D eigenvalue weighted by molar-refractivity contribution is 7.80. The Balaban J connectivity index is 2.21. The molecule has 110 valence electrons. The van der Waals surface area contributed by atoms with Crippen LogP contribution in [-0.2, 0) is 6.61 Å². The first-order chi connectivity index (χ1) is 9.99. The van der Waals surface area contributed by atoms with Gasteiger partial charge in [0.15, 0.2) is 0 Å². The minimum absolute atomic E-state index is 0.126. The van der Waals surface area contributed by atoms with Crippen LogP contribution in [0.5, 0.6) is 11.5 Å². The highest BCUT2D eigenvalue weighted by Crippen LogP contribution is 2.25. The van der Waals surface area contributed by atoms with Gasteiger partial charge in [-0.15, -0.1) is 0 Å². The van der Waals surface area contributed by atoms with Crippen molar-refractivity contribution >= 4 is 28.8 Å². The summed E-state index contributed by atoms with van der Waals surface area (Å²) in [7, 11) is 1.53. The summed E-state index contributed by atoms with van der Waals surface area (Å²) < 4.78 is 24.0. The third-order valence-electron chi connectivity index (χ3n) is 2.80. The van der Waals surface area contributed by atoms with Gasteiger partial charge in [0.1, 0.15) is 28.9 Å². The lowest BCUT2D eigenvalue weighted by molar-refractivity contribution is 0.303. The number of halogens is 2. The second-order valence-corrected chi connectivity index (χ2v) is 5.13.